The van der Waals surface area contributed by atoms with E-state index in [4.69, 9.17) is 0 Å². The summed E-state index contributed by atoms with van der Waals surface area (Å²) in [5.74, 6) is 6.85. The van der Waals surface area contributed by atoms with Gasteiger partial charge >= 0.3 is 0 Å². The first-order valence-electron chi connectivity index (χ1n) is 11.2. The number of benzene rings is 4. The molecule has 1 aliphatic heterocycles. The molecule has 4 aromatic rings. The third kappa shape index (κ3) is 3.51. The Kier molecular flexibility index (Phi) is 4.63. The van der Waals surface area contributed by atoms with Crippen molar-refractivity contribution in [1.82, 2.24) is 0 Å². The molecular weight excluding hydrogens is 386 g/mol. The molecule has 0 radical (unpaired) electrons. The number of hydrogen-bond acceptors (Lipinski definition) is 1. The Labute approximate surface area is 189 Å². The molecule has 0 bridgehead atoms. The zero-order chi connectivity index (χ0) is 21.3. The van der Waals surface area contributed by atoms with Crippen molar-refractivity contribution in [2.75, 3.05) is 5.32 Å². The van der Waals surface area contributed by atoms with E-state index in [1.165, 1.54) is 44.6 Å². The van der Waals surface area contributed by atoms with Crippen molar-refractivity contribution >= 4 is 17.8 Å². The average molecular weight is 410 g/mol. The molecule has 0 spiro atoms. The highest BCUT2D eigenvalue weighted by Crippen LogP contribution is 2.31. The zero-order valence-corrected chi connectivity index (χ0v) is 17.9. The maximum Gasteiger partial charge on any atom is 0.0416 e. The second-order valence-corrected chi connectivity index (χ2v) is 8.47. The van der Waals surface area contributed by atoms with Gasteiger partial charge in [-0.2, -0.15) is 0 Å². The molecule has 1 aliphatic carbocycles. The fourth-order valence-electron chi connectivity index (χ4n) is 4.62. The molecule has 1 heteroatoms. The van der Waals surface area contributed by atoms with Crippen LogP contribution in [0.2, 0.25) is 0 Å². The van der Waals surface area contributed by atoms with E-state index in [1.54, 1.807) is 0 Å². The standard InChI is InChI=1S/C31H23N/c1-2-6-23-11-14-26-19-27(15-12-25(26)10-9-22(23)5-1)28-17-18-31-29(20-28)16-13-24-7-3-4-8-30(24)21-32-31/h1-8,12-13,15-20,32H,9-10,21H2/b16-13-. The van der Waals surface area contributed by atoms with Crippen molar-refractivity contribution in [2.45, 2.75) is 19.4 Å². The van der Waals surface area contributed by atoms with Gasteiger partial charge in [0.15, 0.2) is 0 Å². The number of anilines is 1. The van der Waals surface area contributed by atoms with Crippen molar-refractivity contribution in [3.63, 3.8) is 0 Å². The SMILES string of the molecule is C1#Cc2cc(-c3ccc4c(c3)/C=C\c3ccccc3CN4)ccc2CCc2ccccc21. The summed E-state index contributed by atoms with van der Waals surface area (Å²) in [4.78, 5) is 0. The van der Waals surface area contributed by atoms with E-state index in [0.29, 0.717) is 0 Å². The number of rotatable bonds is 1. The monoisotopic (exact) mass is 409 g/mol. The molecule has 0 unspecified atom stereocenters. The summed E-state index contributed by atoms with van der Waals surface area (Å²) < 4.78 is 0. The molecule has 1 N–H and O–H groups in total. The van der Waals surface area contributed by atoms with Gasteiger partial charge in [-0.25, -0.2) is 0 Å². The van der Waals surface area contributed by atoms with E-state index < -0.39 is 0 Å². The van der Waals surface area contributed by atoms with Crippen molar-refractivity contribution < 1.29 is 0 Å². The van der Waals surface area contributed by atoms with Crippen LogP contribution in [0.3, 0.4) is 0 Å². The van der Waals surface area contributed by atoms with Crippen LogP contribution in [0, 0.1) is 11.8 Å². The molecule has 0 saturated carbocycles. The quantitative estimate of drug-likeness (QED) is 0.336. The van der Waals surface area contributed by atoms with Crippen LogP contribution in [-0.4, -0.2) is 0 Å². The van der Waals surface area contributed by atoms with Gasteiger partial charge in [0.25, 0.3) is 0 Å². The normalized spacial score (nSPS) is 14.4. The highest BCUT2D eigenvalue weighted by atomic mass is 14.9. The summed E-state index contributed by atoms with van der Waals surface area (Å²) in [7, 11) is 0. The Bertz CT molecular complexity index is 1430. The minimum Gasteiger partial charge on any atom is -0.380 e. The van der Waals surface area contributed by atoms with E-state index in [2.05, 4.69) is 114 Å². The van der Waals surface area contributed by atoms with E-state index in [1.807, 2.05) is 0 Å². The van der Waals surface area contributed by atoms with Gasteiger partial charge in [-0.05, 0) is 76.1 Å². The lowest BCUT2D eigenvalue weighted by atomic mass is 9.91. The molecule has 0 saturated heterocycles. The van der Waals surface area contributed by atoms with Crippen LogP contribution in [0.1, 0.15) is 38.9 Å². The first kappa shape index (κ1) is 18.7. The average Bonchev–Trinajstić information content (AvgIpc) is 2.82. The van der Waals surface area contributed by atoms with Gasteiger partial charge in [0, 0.05) is 23.4 Å². The van der Waals surface area contributed by atoms with Crippen LogP contribution < -0.4 is 5.32 Å². The summed E-state index contributed by atoms with van der Waals surface area (Å²) in [5, 5.41) is 3.60. The number of fused-ring (bicyclic) bond motifs is 4. The molecule has 0 amide bonds. The Hall–Kier alpha value is -4.02. The summed E-state index contributed by atoms with van der Waals surface area (Å²) in [6.07, 6.45) is 6.50. The lowest BCUT2D eigenvalue weighted by Crippen LogP contribution is -2.04. The minimum atomic E-state index is 0.836. The Morgan fingerprint density at radius 3 is 2.19 bits per heavy atom. The molecule has 1 heterocycles. The first-order valence-corrected chi connectivity index (χ1v) is 11.2. The van der Waals surface area contributed by atoms with Gasteiger partial charge in [-0.3, -0.25) is 0 Å². The molecule has 6 rings (SSSR count). The fourth-order valence-corrected chi connectivity index (χ4v) is 4.62. The molecule has 1 nitrogen and oxygen atoms in total. The highest BCUT2D eigenvalue weighted by Gasteiger charge is 2.11. The molecule has 0 fully saturated rings. The fraction of sp³-hybridized carbons (Fsp3) is 0.0968. The third-order valence-electron chi connectivity index (χ3n) is 6.47. The Morgan fingerprint density at radius 1 is 0.562 bits per heavy atom. The van der Waals surface area contributed by atoms with E-state index in [0.717, 1.165) is 30.5 Å². The molecule has 0 aromatic heterocycles. The largest absolute Gasteiger partial charge is 0.380 e. The lowest BCUT2D eigenvalue weighted by molar-refractivity contribution is 0.951. The van der Waals surface area contributed by atoms with Crippen LogP contribution in [0.5, 0.6) is 0 Å². The van der Waals surface area contributed by atoms with Crippen LogP contribution in [0.25, 0.3) is 23.3 Å². The van der Waals surface area contributed by atoms with Gasteiger partial charge in [0.05, 0.1) is 0 Å². The number of aryl methyl sites for hydroxylation is 2. The molecular formula is C31H23N. The smallest absolute Gasteiger partial charge is 0.0416 e. The Balaban J connectivity index is 1.38. The summed E-state index contributed by atoms with van der Waals surface area (Å²) >= 11 is 0. The summed E-state index contributed by atoms with van der Waals surface area (Å²) in [6.45, 7) is 0.836. The zero-order valence-electron chi connectivity index (χ0n) is 17.9. The van der Waals surface area contributed by atoms with Crippen molar-refractivity contribution in [2.24, 2.45) is 0 Å². The van der Waals surface area contributed by atoms with E-state index in [-0.39, 0.29) is 0 Å². The van der Waals surface area contributed by atoms with Gasteiger partial charge in [0.1, 0.15) is 0 Å². The second-order valence-electron chi connectivity index (χ2n) is 8.47. The van der Waals surface area contributed by atoms with Gasteiger partial charge < -0.3 is 5.32 Å². The third-order valence-corrected chi connectivity index (χ3v) is 6.47. The maximum absolute atomic E-state index is 3.60. The summed E-state index contributed by atoms with van der Waals surface area (Å²) in [5.41, 5.74) is 12.4. The lowest BCUT2D eigenvalue weighted by Gasteiger charge is -2.16. The van der Waals surface area contributed by atoms with Gasteiger partial charge in [-0.15, -0.1) is 0 Å². The predicted molar refractivity (Wildman–Crippen MR) is 134 cm³/mol. The first-order chi connectivity index (χ1) is 15.8. The highest BCUT2D eigenvalue weighted by molar-refractivity contribution is 5.82. The van der Waals surface area contributed by atoms with Crippen LogP contribution in [0.15, 0.2) is 84.9 Å². The number of nitrogens with one attached hydrogen (secondary N) is 1. The number of hydrogen-bond donors (Lipinski definition) is 1. The van der Waals surface area contributed by atoms with Crippen molar-refractivity contribution in [3.8, 4) is 23.0 Å². The van der Waals surface area contributed by atoms with E-state index in [9.17, 15) is 0 Å². The van der Waals surface area contributed by atoms with Crippen LogP contribution >= 0.6 is 0 Å². The second kappa shape index (κ2) is 7.91. The predicted octanol–water partition coefficient (Wildman–Crippen LogP) is 6.95. The van der Waals surface area contributed by atoms with Gasteiger partial charge in [-0.1, -0.05) is 84.7 Å². The molecule has 0 atom stereocenters. The van der Waals surface area contributed by atoms with Gasteiger partial charge in [0.2, 0.25) is 0 Å². The Morgan fingerprint density at radius 2 is 1.25 bits per heavy atom. The summed E-state index contributed by atoms with van der Waals surface area (Å²) in [6, 6.07) is 30.5. The molecule has 2 aliphatic rings. The topological polar surface area (TPSA) is 12.0 Å². The van der Waals surface area contributed by atoms with Crippen molar-refractivity contribution in [3.05, 3.63) is 124 Å². The minimum absolute atomic E-state index is 0.836. The van der Waals surface area contributed by atoms with Crippen LogP contribution in [0.4, 0.5) is 5.69 Å². The van der Waals surface area contributed by atoms with E-state index >= 15 is 0 Å². The van der Waals surface area contributed by atoms with Crippen molar-refractivity contribution in [1.29, 1.82) is 0 Å². The maximum atomic E-state index is 3.60. The van der Waals surface area contributed by atoms with Crippen LogP contribution in [-0.2, 0) is 19.4 Å². The molecule has 4 aromatic carbocycles. The molecule has 32 heavy (non-hydrogen) atoms. The molecule has 152 valence electrons.